The summed E-state index contributed by atoms with van der Waals surface area (Å²) < 4.78 is 2.41. The fourth-order valence-corrected chi connectivity index (χ4v) is 3.67. The Balaban J connectivity index is 1.69. The van der Waals surface area contributed by atoms with E-state index in [9.17, 15) is 0 Å². The predicted molar refractivity (Wildman–Crippen MR) is 77.3 cm³/mol. The van der Waals surface area contributed by atoms with Crippen molar-refractivity contribution in [2.24, 2.45) is 0 Å². The molecule has 0 radical (unpaired) electrons. The number of aromatic nitrogens is 2. The zero-order valence-electron chi connectivity index (χ0n) is 12.0. The monoisotopic (exact) mass is 262 g/mol. The molecular weight excluding hydrogens is 236 g/mol. The molecule has 1 aromatic heterocycles. The van der Waals surface area contributed by atoms with E-state index in [1.54, 1.807) is 0 Å². The predicted octanol–water partition coefficient (Wildman–Crippen LogP) is 1.83. The van der Waals surface area contributed by atoms with Crippen LogP contribution in [-0.2, 0) is 6.54 Å². The molecule has 0 aromatic carbocycles. The highest BCUT2D eigenvalue weighted by Crippen LogP contribution is 2.25. The van der Waals surface area contributed by atoms with Gasteiger partial charge < -0.3 is 9.88 Å². The Morgan fingerprint density at radius 3 is 3.11 bits per heavy atom. The molecule has 2 aliphatic rings. The Kier molecular flexibility index (Phi) is 4.18. The van der Waals surface area contributed by atoms with Crippen molar-refractivity contribution < 1.29 is 0 Å². The zero-order valence-corrected chi connectivity index (χ0v) is 12.0. The lowest BCUT2D eigenvalue weighted by molar-refractivity contribution is 0.241. The number of likely N-dealkylation sites (N-methyl/N-ethyl adjacent to an activating group) is 1. The molecule has 0 saturated carbocycles. The lowest BCUT2D eigenvalue weighted by Gasteiger charge is -2.27. The zero-order chi connectivity index (χ0) is 13.1. The summed E-state index contributed by atoms with van der Waals surface area (Å²) in [6.45, 7) is 8.15. The number of rotatable bonds is 4. The molecule has 0 aliphatic carbocycles. The average Bonchev–Trinajstić information content (AvgIpc) is 3.09. The summed E-state index contributed by atoms with van der Waals surface area (Å²) in [5.74, 6) is 0.660. The van der Waals surface area contributed by atoms with E-state index < -0.39 is 0 Å². The Hall–Kier alpha value is -0.870. The largest absolute Gasteiger partial charge is 0.333 e. The smallest absolute Gasteiger partial charge is 0.0948 e. The molecular formula is C15H26N4. The van der Waals surface area contributed by atoms with Gasteiger partial charge in [-0.3, -0.25) is 4.90 Å². The molecule has 2 unspecified atom stereocenters. The highest BCUT2D eigenvalue weighted by atomic mass is 15.2. The van der Waals surface area contributed by atoms with Gasteiger partial charge in [0.25, 0.3) is 0 Å². The van der Waals surface area contributed by atoms with Gasteiger partial charge in [0.1, 0.15) is 0 Å². The molecule has 2 atom stereocenters. The normalized spacial score (nSPS) is 28.9. The van der Waals surface area contributed by atoms with Gasteiger partial charge in [-0.2, -0.15) is 0 Å². The van der Waals surface area contributed by atoms with E-state index in [-0.39, 0.29) is 0 Å². The highest BCUT2D eigenvalue weighted by Gasteiger charge is 2.25. The van der Waals surface area contributed by atoms with Crippen LogP contribution in [0.15, 0.2) is 12.5 Å². The summed E-state index contributed by atoms with van der Waals surface area (Å²) >= 11 is 0. The van der Waals surface area contributed by atoms with Crippen LogP contribution in [-0.4, -0.2) is 46.7 Å². The van der Waals surface area contributed by atoms with E-state index >= 15 is 0 Å². The third-order valence-corrected chi connectivity index (χ3v) is 4.77. The van der Waals surface area contributed by atoms with Crippen LogP contribution in [0.1, 0.15) is 44.2 Å². The van der Waals surface area contributed by atoms with Crippen molar-refractivity contribution >= 4 is 0 Å². The van der Waals surface area contributed by atoms with Crippen molar-refractivity contribution in [1.29, 1.82) is 0 Å². The fourth-order valence-electron chi connectivity index (χ4n) is 3.67. The molecule has 4 heteroatoms. The van der Waals surface area contributed by atoms with Crippen molar-refractivity contribution in [1.82, 2.24) is 19.8 Å². The number of nitrogens with zero attached hydrogens (tertiary/aromatic N) is 3. The van der Waals surface area contributed by atoms with Crippen molar-refractivity contribution in [3.8, 4) is 0 Å². The van der Waals surface area contributed by atoms with Crippen molar-refractivity contribution in [2.45, 2.75) is 51.1 Å². The minimum absolute atomic E-state index is 0.660. The van der Waals surface area contributed by atoms with E-state index in [4.69, 9.17) is 0 Å². The van der Waals surface area contributed by atoms with Crippen LogP contribution in [0, 0.1) is 0 Å². The molecule has 2 saturated heterocycles. The molecule has 2 fully saturated rings. The van der Waals surface area contributed by atoms with Gasteiger partial charge >= 0.3 is 0 Å². The van der Waals surface area contributed by atoms with Crippen molar-refractivity contribution in [2.75, 3.05) is 26.2 Å². The number of likely N-dealkylation sites (tertiary alicyclic amines) is 1. The first-order valence-electron chi connectivity index (χ1n) is 7.83. The summed E-state index contributed by atoms with van der Waals surface area (Å²) in [5, 5.41) is 3.51. The molecule has 0 amide bonds. The second-order valence-corrected chi connectivity index (χ2v) is 5.94. The lowest BCUT2D eigenvalue weighted by Crippen LogP contribution is -2.34. The molecule has 2 aliphatic heterocycles. The van der Waals surface area contributed by atoms with Gasteiger partial charge in [0, 0.05) is 36.9 Å². The number of hydrogen-bond donors (Lipinski definition) is 1. The third kappa shape index (κ3) is 2.84. The number of imidazole rings is 1. The molecule has 19 heavy (non-hydrogen) atoms. The Morgan fingerprint density at radius 2 is 2.32 bits per heavy atom. The van der Waals surface area contributed by atoms with Crippen LogP contribution in [0.25, 0.3) is 0 Å². The van der Waals surface area contributed by atoms with E-state index in [2.05, 4.69) is 32.9 Å². The second kappa shape index (κ2) is 6.06. The van der Waals surface area contributed by atoms with Gasteiger partial charge in [0.05, 0.1) is 6.33 Å². The Bertz CT molecular complexity index is 395. The third-order valence-electron chi connectivity index (χ3n) is 4.77. The van der Waals surface area contributed by atoms with Gasteiger partial charge in [0.2, 0.25) is 0 Å². The maximum atomic E-state index is 4.41. The fraction of sp³-hybridized carbons (Fsp3) is 0.800. The maximum absolute atomic E-state index is 4.41. The molecule has 0 spiro atoms. The van der Waals surface area contributed by atoms with Gasteiger partial charge in [-0.25, -0.2) is 4.98 Å². The van der Waals surface area contributed by atoms with Gasteiger partial charge in [-0.05, 0) is 45.3 Å². The molecule has 3 rings (SSSR count). The SMILES string of the molecule is CCN1CCCC1Cn1cncc1C1CCCNC1. The Morgan fingerprint density at radius 1 is 1.37 bits per heavy atom. The van der Waals surface area contributed by atoms with Gasteiger partial charge in [0.15, 0.2) is 0 Å². The van der Waals surface area contributed by atoms with Crippen molar-refractivity contribution in [3.05, 3.63) is 18.2 Å². The molecule has 1 N–H and O–H groups in total. The van der Waals surface area contributed by atoms with E-state index in [0.29, 0.717) is 5.92 Å². The van der Waals surface area contributed by atoms with Gasteiger partial charge in [-0.15, -0.1) is 0 Å². The lowest BCUT2D eigenvalue weighted by atomic mass is 9.96. The molecule has 0 bridgehead atoms. The van der Waals surface area contributed by atoms with Crippen LogP contribution in [0.3, 0.4) is 0 Å². The first-order valence-corrected chi connectivity index (χ1v) is 7.83. The van der Waals surface area contributed by atoms with E-state index in [1.807, 2.05) is 6.33 Å². The standard InChI is InChI=1S/C15H26N4/c1-2-18-8-4-6-14(18)11-19-12-17-10-15(19)13-5-3-7-16-9-13/h10,12-14,16H,2-9,11H2,1H3. The number of nitrogens with one attached hydrogen (secondary N) is 1. The first-order chi connectivity index (χ1) is 9.38. The highest BCUT2D eigenvalue weighted by molar-refractivity contribution is 5.09. The molecule has 4 nitrogen and oxygen atoms in total. The molecule has 3 heterocycles. The minimum Gasteiger partial charge on any atom is -0.333 e. The van der Waals surface area contributed by atoms with E-state index in [0.717, 1.165) is 19.1 Å². The molecule has 1 aromatic rings. The quantitative estimate of drug-likeness (QED) is 0.899. The number of piperidine rings is 1. The van der Waals surface area contributed by atoms with Crippen LogP contribution < -0.4 is 5.32 Å². The average molecular weight is 262 g/mol. The van der Waals surface area contributed by atoms with Crippen LogP contribution >= 0.6 is 0 Å². The van der Waals surface area contributed by atoms with Gasteiger partial charge in [-0.1, -0.05) is 6.92 Å². The van der Waals surface area contributed by atoms with Crippen LogP contribution in [0.2, 0.25) is 0 Å². The summed E-state index contributed by atoms with van der Waals surface area (Å²) in [4.78, 5) is 7.02. The van der Waals surface area contributed by atoms with Crippen molar-refractivity contribution in [3.63, 3.8) is 0 Å². The summed E-state index contributed by atoms with van der Waals surface area (Å²) in [6, 6.07) is 0.717. The minimum atomic E-state index is 0.660. The summed E-state index contributed by atoms with van der Waals surface area (Å²) in [5.41, 5.74) is 1.44. The summed E-state index contributed by atoms with van der Waals surface area (Å²) in [7, 11) is 0. The topological polar surface area (TPSA) is 33.1 Å². The number of hydrogen-bond acceptors (Lipinski definition) is 3. The second-order valence-electron chi connectivity index (χ2n) is 5.94. The maximum Gasteiger partial charge on any atom is 0.0948 e. The summed E-state index contributed by atoms with van der Waals surface area (Å²) in [6.07, 6.45) is 9.42. The molecule has 106 valence electrons. The first kappa shape index (κ1) is 13.1. The van der Waals surface area contributed by atoms with E-state index in [1.165, 1.54) is 51.0 Å². The van der Waals surface area contributed by atoms with Crippen LogP contribution in [0.4, 0.5) is 0 Å². The Labute approximate surface area is 116 Å². The van der Waals surface area contributed by atoms with Crippen LogP contribution in [0.5, 0.6) is 0 Å².